The highest BCUT2D eigenvalue weighted by atomic mass is 16.5. The molecule has 1 heterocycles. The molecule has 0 radical (unpaired) electrons. The maximum Gasteiger partial charge on any atom is 0.253 e. The van der Waals surface area contributed by atoms with Gasteiger partial charge in [0.1, 0.15) is 5.75 Å². The van der Waals surface area contributed by atoms with Crippen molar-refractivity contribution in [3.8, 4) is 5.75 Å². The molecule has 0 bridgehead atoms. The van der Waals surface area contributed by atoms with Crippen LogP contribution in [-0.2, 0) is 0 Å². The molecule has 0 aliphatic heterocycles. The summed E-state index contributed by atoms with van der Waals surface area (Å²) < 4.78 is 5.25. The molecule has 20 heavy (non-hydrogen) atoms. The largest absolute Gasteiger partial charge is 0.497 e. The van der Waals surface area contributed by atoms with E-state index in [9.17, 15) is 4.79 Å². The van der Waals surface area contributed by atoms with E-state index in [-0.39, 0.29) is 5.91 Å². The van der Waals surface area contributed by atoms with Crippen molar-refractivity contribution in [2.24, 2.45) is 0 Å². The van der Waals surface area contributed by atoms with Gasteiger partial charge in [-0.3, -0.25) is 4.79 Å². The van der Waals surface area contributed by atoms with Crippen LogP contribution < -0.4 is 10.1 Å². The lowest BCUT2D eigenvalue weighted by Gasteiger charge is -2.12. The number of benzene rings is 1. The molecule has 1 aliphatic rings. The van der Waals surface area contributed by atoms with E-state index < -0.39 is 0 Å². The van der Waals surface area contributed by atoms with Crippen LogP contribution in [0.3, 0.4) is 0 Å². The molecule has 1 aromatic heterocycles. The number of hydrogen-bond donors (Lipinski definition) is 2. The molecule has 1 saturated carbocycles. The van der Waals surface area contributed by atoms with Gasteiger partial charge in [0.25, 0.3) is 5.91 Å². The Bertz CT molecular complexity index is 639. The quantitative estimate of drug-likeness (QED) is 0.901. The van der Waals surface area contributed by atoms with Gasteiger partial charge < -0.3 is 15.0 Å². The third-order valence-electron chi connectivity index (χ3n) is 4.11. The number of methoxy groups -OCH3 is 1. The van der Waals surface area contributed by atoms with E-state index >= 15 is 0 Å². The van der Waals surface area contributed by atoms with E-state index in [2.05, 4.69) is 10.3 Å². The van der Waals surface area contributed by atoms with Gasteiger partial charge in [0.2, 0.25) is 0 Å². The summed E-state index contributed by atoms with van der Waals surface area (Å²) in [4.78, 5) is 15.8. The standard InChI is InChI=1S/C16H20N2O2/c1-10-15(16(19)18-11-5-3-4-6-11)13-9-12(20-2)7-8-14(13)17-10/h7-9,11,17H,3-6H2,1-2H3,(H,18,19). The molecule has 4 heteroatoms. The highest BCUT2D eigenvalue weighted by Crippen LogP contribution is 2.27. The normalized spacial score (nSPS) is 15.7. The van der Waals surface area contributed by atoms with Gasteiger partial charge in [-0.2, -0.15) is 0 Å². The molecule has 0 atom stereocenters. The molecule has 0 spiro atoms. The van der Waals surface area contributed by atoms with Crippen molar-refractivity contribution in [2.45, 2.75) is 38.6 Å². The van der Waals surface area contributed by atoms with E-state index in [4.69, 9.17) is 4.74 Å². The number of carbonyl (C=O) groups excluding carboxylic acids is 1. The molecule has 106 valence electrons. The summed E-state index contributed by atoms with van der Waals surface area (Å²) in [5.41, 5.74) is 2.62. The first-order valence-corrected chi connectivity index (χ1v) is 7.16. The number of aromatic nitrogens is 1. The van der Waals surface area contributed by atoms with Crippen molar-refractivity contribution >= 4 is 16.8 Å². The maximum atomic E-state index is 12.5. The summed E-state index contributed by atoms with van der Waals surface area (Å²) in [6.07, 6.45) is 4.62. The molecule has 2 N–H and O–H groups in total. The number of ether oxygens (including phenoxy) is 1. The van der Waals surface area contributed by atoms with E-state index in [1.54, 1.807) is 7.11 Å². The maximum absolute atomic E-state index is 12.5. The van der Waals surface area contributed by atoms with Crippen molar-refractivity contribution in [2.75, 3.05) is 7.11 Å². The molecule has 3 rings (SSSR count). The lowest BCUT2D eigenvalue weighted by molar-refractivity contribution is 0.0939. The lowest BCUT2D eigenvalue weighted by Crippen LogP contribution is -2.32. The predicted molar refractivity (Wildman–Crippen MR) is 79.3 cm³/mol. The fraction of sp³-hybridized carbons (Fsp3) is 0.438. The van der Waals surface area contributed by atoms with Crippen LogP contribution in [-0.4, -0.2) is 24.0 Å². The second-order valence-corrected chi connectivity index (χ2v) is 5.49. The molecule has 0 saturated heterocycles. The first-order chi connectivity index (χ1) is 9.69. The van der Waals surface area contributed by atoms with E-state index in [0.717, 1.165) is 40.8 Å². The van der Waals surface area contributed by atoms with E-state index in [1.807, 2.05) is 25.1 Å². The smallest absolute Gasteiger partial charge is 0.253 e. The average molecular weight is 272 g/mol. The molecule has 1 aromatic carbocycles. The average Bonchev–Trinajstić information content (AvgIpc) is 3.04. The molecule has 0 unspecified atom stereocenters. The second-order valence-electron chi connectivity index (χ2n) is 5.49. The third kappa shape index (κ3) is 2.26. The van der Waals surface area contributed by atoms with Crippen LogP contribution in [0.4, 0.5) is 0 Å². The SMILES string of the molecule is COc1ccc2[nH]c(C)c(C(=O)NC3CCCC3)c2c1. The Labute approximate surface area is 118 Å². The fourth-order valence-corrected chi connectivity index (χ4v) is 3.05. The number of fused-ring (bicyclic) bond motifs is 1. The Balaban J connectivity index is 1.96. The van der Waals surface area contributed by atoms with E-state index in [0.29, 0.717) is 6.04 Å². The van der Waals surface area contributed by atoms with Crippen molar-refractivity contribution < 1.29 is 9.53 Å². The highest BCUT2D eigenvalue weighted by Gasteiger charge is 2.21. The monoisotopic (exact) mass is 272 g/mol. The van der Waals surface area contributed by atoms with Crippen LogP contribution in [0.5, 0.6) is 5.75 Å². The zero-order chi connectivity index (χ0) is 14.1. The Morgan fingerprint density at radius 3 is 2.80 bits per heavy atom. The van der Waals surface area contributed by atoms with E-state index in [1.165, 1.54) is 12.8 Å². The van der Waals surface area contributed by atoms with Crippen molar-refractivity contribution in [1.29, 1.82) is 0 Å². The second kappa shape index (κ2) is 5.19. The number of carbonyl (C=O) groups is 1. The Morgan fingerprint density at radius 1 is 1.35 bits per heavy atom. The van der Waals surface area contributed by atoms with Gasteiger partial charge in [0.15, 0.2) is 0 Å². The summed E-state index contributed by atoms with van der Waals surface area (Å²) >= 11 is 0. The summed E-state index contributed by atoms with van der Waals surface area (Å²) in [6, 6.07) is 6.10. The lowest BCUT2D eigenvalue weighted by atomic mass is 10.1. The Hall–Kier alpha value is -1.97. The number of hydrogen-bond acceptors (Lipinski definition) is 2. The van der Waals surface area contributed by atoms with Gasteiger partial charge in [0.05, 0.1) is 12.7 Å². The zero-order valence-corrected chi connectivity index (χ0v) is 12.0. The number of rotatable bonds is 3. The number of nitrogens with one attached hydrogen (secondary N) is 2. The molecular formula is C16H20N2O2. The molecule has 2 aromatic rings. The molecule has 1 aliphatic carbocycles. The number of amides is 1. The molecule has 4 nitrogen and oxygen atoms in total. The topological polar surface area (TPSA) is 54.1 Å². The first kappa shape index (κ1) is 13.0. The number of aryl methyl sites for hydroxylation is 1. The van der Waals surface area contributed by atoms with Gasteiger partial charge in [0, 0.05) is 22.6 Å². The number of H-pyrrole nitrogens is 1. The first-order valence-electron chi connectivity index (χ1n) is 7.16. The fourth-order valence-electron chi connectivity index (χ4n) is 3.05. The summed E-state index contributed by atoms with van der Waals surface area (Å²) in [7, 11) is 1.64. The van der Waals surface area contributed by atoms with Crippen LogP contribution >= 0.6 is 0 Å². The van der Waals surface area contributed by atoms with Gasteiger partial charge in [-0.15, -0.1) is 0 Å². The van der Waals surface area contributed by atoms with Crippen LogP contribution in [0, 0.1) is 6.92 Å². The Morgan fingerprint density at radius 2 is 2.10 bits per heavy atom. The minimum atomic E-state index is 0.0221. The number of aromatic amines is 1. The van der Waals surface area contributed by atoms with Crippen LogP contribution in [0.1, 0.15) is 41.7 Å². The van der Waals surface area contributed by atoms with Crippen LogP contribution in [0.25, 0.3) is 10.9 Å². The van der Waals surface area contributed by atoms with Gasteiger partial charge in [-0.1, -0.05) is 12.8 Å². The molecular weight excluding hydrogens is 252 g/mol. The van der Waals surface area contributed by atoms with Crippen molar-refractivity contribution in [3.63, 3.8) is 0 Å². The third-order valence-corrected chi connectivity index (χ3v) is 4.11. The van der Waals surface area contributed by atoms with Crippen molar-refractivity contribution in [1.82, 2.24) is 10.3 Å². The summed E-state index contributed by atoms with van der Waals surface area (Å²) in [5.74, 6) is 0.792. The summed E-state index contributed by atoms with van der Waals surface area (Å²) in [6.45, 7) is 1.94. The van der Waals surface area contributed by atoms with Crippen LogP contribution in [0.2, 0.25) is 0 Å². The molecule has 1 fully saturated rings. The minimum Gasteiger partial charge on any atom is -0.497 e. The van der Waals surface area contributed by atoms with Gasteiger partial charge in [-0.25, -0.2) is 0 Å². The minimum absolute atomic E-state index is 0.0221. The Kier molecular flexibility index (Phi) is 3.38. The van der Waals surface area contributed by atoms with Gasteiger partial charge in [-0.05, 0) is 38.0 Å². The predicted octanol–water partition coefficient (Wildman–Crippen LogP) is 3.16. The zero-order valence-electron chi connectivity index (χ0n) is 12.0. The highest BCUT2D eigenvalue weighted by molar-refractivity contribution is 6.08. The van der Waals surface area contributed by atoms with Crippen LogP contribution in [0.15, 0.2) is 18.2 Å². The summed E-state index contributed by atoms with van der Waals surface area (Å²) in [5, 5.41) is 4.08. The van der Waals surface area contributed by atoms with Crippen molar-refractivity contribution in [3.05, 3.63) is 29.5 Å². The molecule has 1 amide bonds. The van der Waals surface area contributed by atoms with Gasteiger partial charge >= 0.3 is 0 Å².